The summed E-state index contributed by atoms with van der Waals surface area (Å²) < 4.78 is 5.12. The monoisotopic (exact) mass is 306 g/mol. The highest BCUT2D eigenvalue weighted by molar-refractivity contribution is 6.19. The molecule has 4 heteroatoms. The Kier molecular flexibility index (Phi) is 4.15. The number of hydrogen-bond acceptors (Lipinski definition) is 2. The van der Waals surface area contributed by atoms with Crippen molar-refractivity contribution in [3.8, 4) is 5.75 Å². The van der Waals surface area contributed by atoms with Crippen LogP contribution >= 0.6 is 0 Å². The van der Waals surface area contributed by atoms with E-state index in [0.29, 0.717) is 12.1 Å². The van der Waals surface area contributed by atoms with Crippen molar-refractivity contribution in [2.24, 2.45) is 0 Å². The van der Waals surface area contributed by atoms with Gasteiger partial charge in [-0.15, -0.1) is 0 Å². The molecule has 116 valence electrons. The van der Waals surface area contributed by atoms with Gasteiger partial charge < -0.3 is 15.0 Å². The van der Waals surface area contributed by atoms with Gasteiger partial charge in [0.15, 0.2) is 0 Å². The van der Waals surface area contributed by atoms with Gasteiger partial charge in [-0.05, 0) is 46.8 Å². The molecule has 0 spiro atoms. The van der Waals surface area contributed by atoms with E-state index in [9.17, 15) is 4.79 Å². The van der Waals surface area contributed by atoms with Crippen LogP contribution in [0.15, 0.2) is 61.3 Å². The summed E-state index contributed by atoms with van der Waals surface area (Å²) in [7, 11) is 1.63. The molecule has 0 aliphatic rings. The number of methoxy groups -OCH3 is 1. The van der Waals surface area contributed by atoms with E-state index in [4.69, 9.17) is 4.74 Å². The Hall–Kier alpha value is -3.01. The molecule has 1 heterocycles. The minimum Gasteiger partial charge on any atom is -0.497 e. The molecule has 0 unspecified atom stereocenters. The van der Waals surface area contributed by atoms with Gasteiger partial charge in [-0.1, -0.05) is 24.8 Å². The molecule has 2 aromatic carbocycles. The van der Waals surface area contributed by atoms with Gasteiger partial charge in [0.25, 0.3) is 5.91 Å². The summed E-state index contributed by atoms with van der Waals surface area (Å²) in [5.41, 5.74) is 3.33. The number of nitrogens with one attached hydrogen (secondary N) is 2. The summed E-state index contributed by atoms with van der Waals surface area (Å²) in [6, 6.07) is 15.4. The van der Waals surface area contributed by atoms with Crippen LogP contribution in [0, 0.1) is 0 Å². The van der Waals surface area contributed by atoms with Gasteiger partial charge in [-0.25, -0.2) is 0 Å². The average Bonchev–Trinajstić information content (AvgIpc) is 3.07. The first-order chi connectivity index (χ1) is 11.2. The molecule has 0 aliphatic carbocycles. The van der Waals surface area contributed by atoms with E-state index in [2.05, 4.69) is 16.9 Å². The molecule has 0 radical (unpaired) electrons. The predicted molar refractivity (Wildman–Crippen MR) is 92.2 cm³/mol. The van der Waals surface area contributed by atoms with Crippen LogP contribution in [0.4, 0.5) is 0 Å². The number of ether oxygens (including phenoxy) is 1. The van der Waals surface area contributed by atoms with Crippen LogP contribution in [0.25, 0.3) is 16.5 Å². The lowest BCUT2D eigenvalue weighted by molar-refractivity contribution is -0.115. The Bertz CT molecular complexity index is 847. The van der Waals surface area contributed by atoms with Gasteiger partial charge in [-0.2, -0.15) is 0 Å². The van der Waals surface area contributed by atoms with Crippen LogP contribution in [0.5, 0.6) is 5.75 Å². The van der Waals surface area contributed by atoms with Crippen molar-refractivity contribution in [1.82, 2.24) is 10.3 Å². The van der Waals surface area contributed by atoms with Gasteiger partial charge in [0.05, 0.1) is 7.11 Å². The maximum atomic E-state index is 12.3. The van der Waals surface area contributed by atoms with Gasteiger partial charge in [0, 0.05) is 23.8 Å². The molecule has 1 amide bonds. The molecule has 3 rings (SSSR count). The molecule has 0 bridgehead atoms. The Labute approximate surface area is 134 Å². The Morgan fingerprint density at radius 1 is 1.17 bits per heavy atom. The molecule has 0 saturated heterocycles. The van der Waals surface area contributed by atoms with E-state index < -0.39 is 0 Å². The lowest BCUT2D eigenvalue weighted by Gasteiger charge is -2.09. The second-order valence-electron chi connectivity index (χ2n) is 5.29. The standard InChI is InChI=1S/C19H18N2O2/c1-13(15-5-8-18-16(11-15)9-10-20-18)19(22)21-12-14-3-6-17(23-2)7-4-14/h3-11,20H,1,12H2,2H3,(H,21,22). The molecular weight excluding hydrogens is 288 g/mol. The van der Waals surface area contributed by atoms with Crippen molar-refractivity contribution in [2.45, 2.75) is 6.54 Å². The molecule has 23 heavy (non-hydrogen) atoms. The highest BCUT2D eigenvalue weighted by atomic mass is 16.5. The predicted octanol–water partition coefficient (Wildman–Crippen LogP) is 3.51. The summed E-state index contributed by atoms with van der Waals surface area (Å²) in [6.07, 6.45) is 1.88. The zero-order chi connectivity index (χ0) is 16.2. The molecule has 4 nitrogen and oxygen atoms in total. The first kappa shape index (κ1) is 14.9. The number of hydrogen-bond donors (Lipinski definition) is 2. The SMILES string of the molecule is C=C(C(=O)NCc1ccc(OC)cc1)c1ccc2[nH]ccc2c1. The van der Waals surface area contributed by atoms with Crippen molar-refractivity contribution in [2.75, 3.05) is 7.11 Å². The number of carbonyl (C=O) groups is 1. The lowest BCUT2D eigenvalue weighted by atomic mass is 10.0. The van der Waals surface area contributed by atoms with Crippen molar-refractivity contribution < 1.29 is 9.53 Å². The van der Waals surface area contributed by atoms with Crippen molar-refractivity contribution in [3.63, 3.8) is 0 Å². The van der Waals surface area contributed by atoms with Crippen molar-refractivity contribution in [1.29, 1.82) is 0 Å². The minimum atomic E-state index is -0.171. The smallest absolute Gasteiger partial charge is 0.251 e. The van der Waals surface area contributed by atoms with Crippen molar-refractivity contribution >= 4 is 22.4 Å². The zero-order valence-electron chi connectivity index (χ0n) is 12.9. The summed E-state index contributed by atoms with van der Waals surface area (Å²) in [5, 5.41) is 3.95. The maximum absolute atomic E-state index is 12.3. The van der Waals surface area contributed by atoms with E-state index in [1.807, 2.05) is 54.7 Å². The van der Waals surface area contributed by atoms with E-state index in [1.54, 1.807) is 7.11 Å². The van der Waals surface area contributed by atoms with Crippen LogP contribution in [-0.4, -0.2) is 18.0 Å². The summed E-state index contributed by atoms with van der Waals surface area (Å²) in [6.45, 7) is 4.37. The first-order valence-corrected chi connectivity index (χ1v) is 7.35. The van der Waals surface area contributed by atoms with Crippen LogP contribution in [-0.2, 0) is 11.3 Å². The summed E-state index contributed by atoms with van der Waals surface area (Å²) in [5.74, 6) is 0.625. The number of aromatic amines is 1. The summed E-state index contributed by atoms with van der Waals surface area (Å²) >= 11 is 0. The van der Waals surface area contributed by atoms with E-state index in [1.165, 1.54) is 0 Å². The van der Waals surface area contributed by atoms with Crippen LogP contribution in [0.3, 0.4) is 0 Å². The molecule has 0 fully saturated rings. The Balaban J connectivity index is 1.65. The average molecular weight is 306 g/mol. The molecule has 0 aliphatic heterocycles. The second kappa shape index (κ2) is 6.40. The number of rotatable bonds is 5. The Morgan fingerprint density at radius 3 is 2.70 bits per heavy atom. The molecule has 3 aromatic rings. The van der Waals surface area contributed by atoms with Crippen LogP contribution in [0.2, 0.25) is 0 Å². The maximum Gasteiger partial charge on any atom is 0.251 e. The first-order valence-electron chi connectivity index (χ1n) is 7.35. The quantitative estimate of drug-likeness (QED) is 0.709. The summed E-state index contributed by atoms with van der Waals surface area (Å²) in [4.78, 5) is 15.4. The fourth-order valence-electron chi connectivity index (χ4n) is 2.40. The van der Waals surface area contributed by atoms with E-state index in [-0.39, 0.29) is 5.91 Å². The fraction of sp³-hybridized carbons (Fsp3) is 0.105. The second-order valence-corrected chi connectivity index (χ2v) is 5.29. The number of amides is 1. The molecule has 1 aromatic heterocycles. The molecule has 0 atom stereocenters. The highest BCUT2D eigenvalue weighted by Crippen LogP contribution is 2.20. The fourth-order valence-corrected chi connectivity index (χ4v) is 2.40. The lowest BCUT2D eigenvalue weighted by Crippen LogP contribution is -2.23. The van der Waals surface area contributed by atoms with Crippen LogP contribution < -0.4 is 10.1 Å². The topological polar surface area (TPSA) is 54.1 Å². The van der Waals surface area contributed by atoms with Crippen LogP contribution in [0.1, 0.15) is 11.1 Å². The Morgan fingerprint density at radius 2 is 1.96 bits per heavy atom. The number of fused-ring (bicyclic) bond motifs is 1. The number of carbonyl (C=O) groups excluding carboxylic acids is 1. The van der Waals surface area contributed by atoms with Gasteiger partial charge in [-0.3, -0.25) is 4.79 Å². The van der Waals surface area contributed by atoms with Crippen molar-refractivity contribution in [3.05, 3.63) is 72.4 Å². The zero-order valence-corrected chi connectivity index (χ0v) is 12.9. The normalized spacial score (nSPS) is 10.5. The third-order valence-corrected chi connectivity index (χ3v) is 3.79. The number of H-pyrrole nitrogens is 1. The third kappa shape index (κ3) is 3.26. The number of benzene rings is 2. The highest BCUT2D eigenvalue weighted by Gasteiger charge is 2.10. The van der Waals surface area contributed by atoms with E-state index in [0.717, 1.165) is 27.8 Å². The van der Waals surface area contributed by atoms with Gasteiger partial charge >= 0.3 is 0 Å². The molecular formula is C19H18N2O2. The molecule has 2 N–H and O–H groups in total. The third-order valence-electron chi connectivity index (χ3n) is 3.79. The minimum absolute atomic E-state index is 0.171. The number of aromatic nitrogens is 1. The van der Waals surface area contributed by atoms with Gasteiger partial charge in [0.2, 0.25) is 0 Å². The van der Waals surface area contributed by atoms with E-state index >= 15 is 0 Å². The van der Waals surface area contributed by atoms with Gasteiger partial charge in [0.1, 0.15) is 5.75 Å². The largest absolute Gasteiger partial charge is 0.497 e. The molecule has 0 saturated carbocycles.